The predicted molar refractivity (Wildman–Crippen MR) is 53.1 cm³/mol. The average Bonchev–Trinajstić information content (AvgIpc) is 2.15. The Morgan fingerprint density at radius 2 is 2.23 bits per heavy atom. The highest BCUT2D eigenvalue weighted by Crippen LogP contribution is 2.20. The van der Waals surface area contributed by atoms with Crippen LogP contribution in [0.5, 0.6) is 0 Å². The maximum Gasteiger partial charge on any atom is 0.100 e. The molecule has 0 heterocycles. The van der Waals surface area contributed by atoms with Gasteiger partial charge in [0.1, 0.15) is 5.83 Å². The summed E-state index contributed by atoms with van der Waals surface area (Å²) in [7, 11) is 3.98. The fourth-order valence-corrected chi connectivity index (χ4v) is 1.34. The molecule has 1 N–H and O–H groups in total. The Hall–Kier alpha value is -0.830. The number of allylic oxidation sites excluding steroid dienone is 4. The molecule has 1 aliphatic rings. The normalized spacial score (nSPS) is 16.5. The van der Waals surface area contributed by atoms with Gasteiger partial charge in [0.05, 0.1) is 0 Å². The van der Waals surface area contributed by atoms with Gasteiger partial charge in [0.15, 0.2) is 0 Å². The first-order chi connectivity index (χ1) is 6.24. The summed E-state index contributed by atoms with van der Waals surface area (Å²) in [6.45, 7) is 1.93. The van der Waals surface area contributed by atoms with Gasteiger partial charge >= 0.3 is 0 Å². The lowest BCUT2D eigenvalue weighted by molar-refractivity contribution is 0.391. The Kier molecular flexibility index (Phi) is 3.96. The van der Waals surface area contributed by atoms with E-state index in [0.717, 1.165) is 19.5 Å². The topological polar surface area (TPSA) is 15.3 Å². The van der Waals surface area contributed by atoms with Gasteiger partial charge in [0.2, 0.25) is 0 Å². The zero-order valence-corrected chi connectivity index (χ0v) is 8.31. The van der Waals surface area contributed by atoms with Crippen molar-refractivity contribution >= 4 is 0 Å². The van der Waals surface area contributed by atoms with Gasteiger partial charge in [-0.05, 0) is 25.6 Å². The van der Waals surface area contributed by atoms with Crippen LogP contribution < -0.4 is 5.32 Å². The van der Waals surface area contributed by atoms with Gasteiger partial charge in [-0.2, -0.15) is 0 Å². The van der Waals surface area contributed by atoms with Crippen molar-refractivity contribution < 1.29 is 4.39 Å². The lowest BCUT2D eigenvalue weighted by atomic mass is 10.1. The number of rotatable bonds is 4. The fourth-order valence-electron chi connectivity index (χ4n) is 1.34. The summed E-state index contributed by atoms with van der Waals surface area (Å²) in [4.78, 5) is 2.17. The molecule has 0 spiro atoms. The predicted octanol–water partition coefficient (Wildman–Crippen LogP) is 1.67. The summed E-state index contributed by atoms with van der Waals surface area (Å²) in [5, 5.41) is 3.09. The second kappa shape index (κ2) is 5.02. The molecule has 0 saturated heterocycles. The van der Waals surface area contributed by atoms with Gasteiger partial charge < -0.3 is 10.2 Å². The fraction of sp³-hybridized carbons (Fsp3) is 0.600. The van der Waals surface area contributed by atoms with Crippen molar-refractivity contribution in [3.8, 4) is 0 Å². The molecule has 0 amide bonds. The van der Waals surface area contributed by atoms with Crippen molar-refractivity contribution in [1.82, 2.24) is 10.2 Å². The third-order valence-corrected chi connectivity index (χ3v) is 2.26. The summed E-state index contributed by atoms with van der Waals surface area (Å²) < 4.78 is 12.7. The molecule has 0 radical (unpaired) electrons. The summed E-state index contributed by atoms with van der Waals surface area (Å²) in [5.74, 6) is -0.00855. The van der Waals surface area contributed by atoms with E-state index >= 15 is 0 Å². The van der Waals surface area contributed by atoms with Gasteiger partial charge in [-0.15, -0.1) is 0 Å². The Bertz CT molecular complexity index is 221. The van der Waals surface area contributed by atoms with E-state index in [0.29, 0.717) is 6.42 Å². The molecule has 0 atom stereocenters. The second-order valence-electron chi connectivity index (χ2n) is 3.30. The van der Waals surface area contributed by atoms with Crippen molar-refractivity contribution in [2.24, 2.45) is 0 Å². The molecule has 0 unspecified atom stereocenters. The van der Waals surface area contributed by atoms with Crippen LogP contribution in [0.15, 0.2) is 23.7 Å². The molecule has 13 heavy (non-hydrogen) atoms. The van der Waals surface area contributed by atoms with Crippen molar-refractivity contribution in [1.29, 1.82) is 0 Å². The van der Waals surface area contributed by atoms with Gasteiger partial charge in [0, 0.05) is 32.3 Å². The molecule has 2 nitrogen and oxygen atoms in total. The maximum absolute atomic E-state index is 12.7. The summed E-state index contributed by atoms with van der Waals surface area (Å²) >= 11 is 0. The molecule has 0 bridgehead atoms. The van der Waals surface area contributed by atoms with Crippen LogP contribution in [0.1, 0.15) is 12.8 Å². The van der Waals surface area contributed by atoms with Gasteiger partial charge in [0.25, 0.3) is 0 Å². The minimum Gasteiger partial charge on any atom is -0.377 e. The van der Waals surface area contributed by atoms with Crippen molar-refractivity contribution in [2.45, 2.75) is 12.8 Å². The largest absolute Gasteiger partial charge is 0.377 e. The van der Waals surface area contributed by atoms with Crippen LogP contribution in [-0.2, 0) is 0 Å². The van der Waals surface area contributed by atoms with Crippen molar-refractivity contribution in [3.63, 3.8) is 0 Å². The Morgan fingerprint density at radius 3 is 2.77 bits per heavy atom. The van der Waals surface area contributed by atoms with E-state index < -0.39 is 0 Å². The Balaban J connectivity index is 2.43. The molecule has 0 aliphatic heterocycles. The monoisotopic (exact) mass is 184 g/mol. The molecule has 0 fully saturated rings. The maximum atomic E-state index is 12.7. The first-order valence-electron chi connectivity index (χ1n) is 4.65. The van der Waals surface area contributed by atoms with Crippen molar-refractivity contribution in [2.75, 3.05) is 27.2 Å². The highest BCUT2D eigenvalue weighted by atomic mass is 19.1. The van der Waals surface area contributed by atoms with Crippen LogP contribution in [0.3, 0.4) is 0 Å². The van der Waals surface area contributed by atoms with E-state index in [1.165, 1.54) is 5.70 Å². The van der Waals surface area contributed by atoms with E-state index in [-0.39, 0.29) is 5.83 Å². The van der Waals surface area contributed by atoms with E-state index in [1.807, 2.05) is 20.2 Å². The number of likely N-dealkylation sites (N-methyl/N-ethyl adjacent to an activating group) is 2. The minimum atomic E-state index is -0.00855. The summed E-state index contributed by atoms with van der Waals surface area (Å²) in [5.41, 5.74) is 1.22. The third-order valence-electron chi connectivity index (χ3n) is 2.26. The highest BCUT2D eigenvalue weighted by Gasteiger charge is 2.08. The Labute approximate surface area is 79.1 Å². The standard InChI is InChI=1S/C10H17FN2/c1-12-7-8-13(2)10-5-3-9(11)4-6-10/h3,5,12H,4,6-8H2,1-2H3. The zero-order chi connectivity index (χ0) is 9.68. The number of nitrogens with zero attached hydrogens (tertiary/aromatic N) is 1. The van der Waals surface area contributed by atoms with Gasteiger partial charge in [-0.1, -0.05) is 0 Å². The zero-order valence-electron chi connectivity index (χ0n) is 8.31. The molecule has 0 aromatic rings. The highest BCUT2D eigenvalue weighted by molar-refractivity contribution is 5.19. The van der Waals surface area contributed by atoms with E-state index in [1.54, 1.807) is 6.08 Å². The molecule has 0 aromatic carbocycles. The van der Waals surface area contributed by atoms with E-state index in [2.05, 4.69) is 10.2 Å². The van der Waals surface area contributed by atoms with Crippen molar-refractivity contribution in [3.05, 3.63) is 23.7 Å². The molecular weight excluding hydrogens is 167 g/mol. The molecule has 0 aromatic heterocycles. The summed E-state index contributed by atoms with van der Waals surface area (Å²) in [6.07, 6.45) is 4.81. The number of halogens is 1. The van der Waals surface area contributed by atoms with E-state index in [4.69, 9.17) is 0 Å². The number of hydrogen-bond acceptors (Lipinski definition) is 2. The first-order valence-corrected chi connectivity index (χ1v) is 4.65. The Morgan fingerprint density at radius 1 is 1.46 bits per heavy atom. The molecule has 74 valence electrons. The van der Waals surface area contributed by atoms with Crippen LogP contribution in [0.2, 0.25) is 0 Å². The van der Waals surface area contributed by atoms with Crippen LogP contribution in [0, 0.1) is 0 Å². The van der Waals surface area contributed by atoms with E-state index in [9.17, 15) is 4.39 Å². The van der Waals surface area contributed by atoms with Crippen LogP contribution >= 0.6 is 0 Å². The minimum absolute atomic E-state index is 0.00855. The summed E-state index contributed by atoms with van der Waals surface area (Å²) in [6, 6.07) is 0. The smallest absolute Gasteiger partial charge is 0.100 e. The average molecular weight is 184 g/mol. The number of hydrogen-bond donors (Lipinski definition) is 1. The van der Waals surface area contributed by atoms with Gasteiger partial charge in [-0.3, -0.25) is 0 Å². The van der Waals surface area contributed by atoms with Crippen LogP contribution in [0.25, 0.3) is 0 Å². The van der Waals surface area contributed by atoms with Gasteiger partial charge in [-0.25, -0.2) is 4.39 Å². The quantitative estimate of drug-likeness (QED) is 0.715. The number of nitrogens with one attached hydrogen (secondary N) is 1. The molecule has 1 rings (SSSR count). The molecule has 3 heteroatoms. The van der Waals surface area contributed by atoms with Crippen LogP contribution in [-0.4, -0.2) is 32.1 Å². The lowest BCUT2D eigenvalue weighted by Crippen LogP contribution is -2.27. The SMILES string of the molecule is CNCCN(C)C1=CC=C(F)CC1. The first kappa shape index (κ1) is 10.3. The molecular formula is C10H17FN2. The molecule has 0 saturated carbocycles. The van der Waals surface area contributed by atoms with Crippen LogP contribution in [0.4, 0.5) is 4.39 Å². The lowest BCUT2D eigenvalue weighted by Gasteiger charge is -2.23. The second-order valence-corrected chi connectivity index (χ2v) is 3.30. The molecule has 1 aliphatic carbocycles. The third kappa shape index (κ3) is 3.19.